The molecule has 3 N–H and O–H groups in total. The van der Waals surface area contributed by atoms with Gasteiger partial charge in [0.1, 0.15) is 16.4 Å². The van der Waals surface area contributed by atoms with Gasteiger partial charge in [0.25, 0.3) is 6.47 Å². The predicted octanol–water partition coefficient (Wildman–Crippen LogP) is 0.985. The molecule has 9 nitrogen and oxygen atoms in total. The van der Waals surface area contributed by atoms with Gasteiger partial charge in [-0.15, -0.1) is 21.5 Å². The van der Waals surface area contributed by atoms with Gasteiger partial charge in [0.2, 0.25) is 11.8 Å². The van der Waals surface area contributed by atoms with E-state index in [0.29, 0.717) is 38.9 Å². The Morgan fingerprint density at radius 1 is 1.30 bits per heavy atom. The fourth-order valence-electron chi connectivity index (χ4n) is 3.08. The molecule has 0 saturated carbocycles. The Balaban J connectivity index is 0.00000141. The summed E-state index contributed by atoms with van der Waals surface area (Å²) in [5.74, 6) is -1.39. The molecular formula is C17H26F3N5O4S. The summed E-state index contributed by atoms with van der Waals surface area (Å²) in [5, 5.41) is 21.9. The first-order valence-corrected chi connectivity index (χ1v) is 10.0. The average Bonchev–Trinajstić information content (AvgIpc) is 2.92. The average molecular weight is 453 g/mol. The molecule has 1 saturated heterocycles. The molecule has 13 heteroatoms. The van der Waals surface area contributed by atoms with Crippen LogP contribution in [0.4, 0.5) is 13.2 Å². The van der Waals surface area contributed by atoms with Gasteiger partial charge in [0.05, 0.1) is 5.92 Å². The van der Waals surface area contributed by atoms with Gasteiger partial charge in [0.15, 0.2) is 0 Å². The van der Waals surface area contributed by atoms with E-state index in [2.05, 4.69) is 20.8 Å². The highest BCUT2D eigenvalue weighted by molar-refractivity contribution is 7.11. The fourth-order valence-corrected chi connectivity index (χ4v) is 3.79. The summed E-state index contributed by atoms with van der Waals surface area (Å²) in [6, 6.07) is -0.396. The number of nitrogens with zero attached hydrogens (tertiary/aromatic N) is 3. The zero-order valence-electron chi connectivity index (χ0n) is 16.7. The smallest absolute Gasteiger partial charge is 0.397 e. The summed E-state index contributed by atoms with van der Waals surface area (Å²) in [6.45, 7) is 2.98. The van der Waals surface area contributed by atoms with Crippen molar-refractivity contribution in [1.29, 1.82) is 0 Å². The first-order valence-electron chi connectivity index (χ1n) is 9.23. The lowest BCUT2D eigenvalue weighted by atomic mass is 10.0. The molecule has 170 valence electrons. The Labute approximate surface area is 176 Å². The molecule has 1 aromatic rings. The molecule has 0 bridgehead atoms. The molecule has 0 unspecified atom stereocenters. The van der Waals surface area contributed by atoms with Crippen molar-refractivity contribution in [2.24, 2.45) is 5.92 Å². The summed E-state index contributed by atoms with van der Waals surface area (Å²) < 4.78 is 36.9. The Bertz CT molecular complexity index is 701. The number of aromatic nitrogens is 2. The lowest BCUT2D eigenvalue weighted by Gasteiger charge is -2.22. The van der Waals surface area contributed by atoms with Crippen LogP contribution in [0.5, 0.6) is 0 Å². The largest absolute Gasteiger partial charge is 0.483 e. The number of carbonyl (C=O) groups is 3. The third kappa shape index (κ3) is 10.5. The van der Waals surface area contributed by atoms with Gasteiger partial charge in [-0.2, -0.15) is 13.2 Å². The minimum absolute atomic E-state index is 0.0923. The van der Waals surface area contributed by atoms with Gasteiger partial charge in [0, 0.05) is 32.1 Å². The van der Waals surface area contributed by atoms with Crippen LogP contribution < -0.4 is 10.6 Å². The zero-order chi connectivity index (χ0) is 22.7. The van der Waals surface area contributed by atoms with Gasteiger partial charge >= 0.3 is 6.18 Å². The number of hydrogen-bond acceptors (Lipinski definition) is 7. The van der Waals surface area contributed by atoms with Crippen molar-refractivity contribution < 1.29 is 32.7 Å². The van der Waals surface area contributed by atoms with Crippen LogP contribution in [0.1, 0.15) is 29.3 Å². The van der Waals surface area contributed by atoms with E-state index in [0.717, 1.165) is 10.0 Å². The monoisotopic (exact) mass is 453 g/mol. The molecule has 0 spiro atoms. The van der Waals surface area contributed by atoms with Gasteiger partial charge in [-0.1, -0.05) is 0 Å². The number of carboxylic acid groups (broad SMARTS) is 1. The number of alkyl halides is 3. The van der Waals surface area contributed by atoms with Gasteiger partial charge < -0.3 is 20.6 Å². The molecule has 1 aromatic heterocycles. The maximum Gasteiger partial charge on any atom is 0.397 e. The first kappa shape index (κ1) is 25.8. The van der Waals surface area contributed by atoms with Crippen LogP contribution in [0, 0.1) is 12.8 Å². The van der Waals surface area contributed by atoms with Crippen molar-refractivity contribution >= 4 is 29.6 Å². The number of rotatable bonds is 6. The number of nitrogens with one attached hydrogen (secondary N) is 2. The summed E-state index contributed by atoms with van der Waals surface area (Å²) >= 11 is 1.49. The van der Waals surface area contributed by atoms with Crippen LogP contribution in [0.3, 0.4) is 0 Å². The number of likely N-dealkylation sites (tertiary alicyclic amines) is 1. The van der Waals surface area contributed by atoms with E-state index < -0.39 is 24.5 Å². The van der Waals surface area contributed by atoms with Crippen LogP contribution in [0.15, 0.2) is 0 Å². The van der Waals surface area contributed by atoms with Crippen LogP contribution in [-0.4, -0.2) is 77.4 Å². The van der Waals surface area contributed by atoms with E-state index in [1.807, 2.05) is 11.8 Å². The Hall–Kier alpha value is -2.28. The summed E-state index contributed by atoms with van der Waals surface area (Å²) in [4.78, 5) is 34.1. The van der Waals surface area contributed by atoms with Crippen molar-refractivity contribution in [2.45, 2.75) is 44.8 Å². The molecule has 0 aromatic carbocycles. The zero-order valence-corrected chi connectivity index (χ0v) is 17.6. The SMILES string of the molecule is Cc1nnc(CCNC(=O)[C@@H]2CC[C@H](NC(=O)CC(F)(F)F)CN(C)C2)s1.O=CO. The molecule has 2 atom stereocenters. The molecule has 0 aliphatic carbocycles. The molecular weight excluding hydrogens is 427 g/mol. The lowest BCUT2D eigenvalue weighted by molar-refractivity contribution is -0.154. The van der Waals surface area contributed by atoms with Crippen molar-refractivity contribution in [2.75, 3.05) is 26.7 Å². The number of amides is 2. The van der Waals surface area contributed by atoms with E-state index in [1.54, 1.807) is 7.05 Å². The minimum Gasteiger partial charge on any atom is -0.483 e. The molecule has 1 aliphatic rings. The third-order valence-electron chi connectivity index (χ3n) is 4.23. The standard InChI is InChI=1S/C16H24F3N5O2S.CH2O2/c1-10-22-23-14(27-10)5-6-20-15(26)11-3-4-12(9-24(2)8-11)21-13(25)7-16(17,18)19;2-1-3/h11-12H,3-9H2,1-2H3,(H,20,26)(H,21,25);1H,(H,2,3)/t11-,12+;/m1./s1. The number of aryl methyl sites for hydroxylation is 1. The molecule has 2 amide bonds. The number of halogens is 3. The van der Waals surface area contributed by atoms with E-state index in [4.69, 9.17) is 9.90 Å². The van der Waals surface area contributed by atoms with E-state index in [-0.39, 0.29) is 18.3 Å². The van der Waals surface area contributed by atoms with Gasteiger partial charge in [-0.3, -0.25) is 14.4 Å². The molecule has 1 aliphatic heterocycles. The van der Waals surface area contributed by atoms with E-state index >= 15 is 0 Å². The molecule has 1 fully saturated rings. The highest BCUT2D eigenvalue weighted by Gasteiger charge is 2.33. The van der Waals surface area contributed by atoms with Crippen molar-refractivity contribution in [1.82, 2.24) is 25.7 Å². The molecule has 0 radical (unpaired) electrons. The van der Waals surface area contributed by atoms with Gasteiger partial charge in [-0.05, 0) is 26.8 Å². The number of likely N-dealkylation sites (N-methyl/N-ethyl adjacent to an activating group) is 1. The maximum atomic E-state index is 12.4. The summed E-state index contributed by atoms with van der Waals surface area (Å²) in [5.41, 5.74) is 0. The number of hydrogen-bond donors (Lipinski definition) is 3. The molecule has 2 heterocycles. The van der Waals surface area contributed by atoms with Crippen molar-refractivity contribution in [3.8, 4) is 0 Å². The highest BCUT2D eigenvalue weighted by Crippen LogP contribution is 2.20. The van der Waals surface area contributed by atoms with E-state index in [1.165, 1.54) is 11.3 Å². The molecule has 2 rings (SSSR count). The normalized spacial score (nSPS) is 19.8. The fraction of sp³-hybridized carbons (Fsp3) is 0.706. The highest BCUT2D eigenvalue weighted by atomic mass is 32.1. The molecule has 30 heavy (non-hydrogen) atoms. The first-order chi connectivity index (χ1) is 14.0. The van der Waals surface area contributed by atoms with E-state index in [9.17, 15) is 22.8 Å². The third-order valence-corrected chi connectivity index (χ3v) is 5.13. The van der Waals surface area contributed by atoms with Crippen LogP contribution in [0.25, 0.3) is 0 Å². The maximum absolute atomic E-state index is 12.4. The summed E-state index contributed by atoms with van der Waals surface area (Å²) in [7, 11) is 1.79. The Morgan fingerprint density at radius 3 is 2.53 bits per heavy atom. The van der Waals surface area contributed by atoms with Crippen LogP contribution in [-0.2, 0) is 20.8 Å². The Kier molecular flexibility index (Phi) is 10.7. The number of carbonyl (C=O) groups excluding carboxylic acids is 2. The second-order valence-corrected chi connectivity index (χ2v) is 8.18. The minimum atomic E-state index is -4.52. The Morgan fingerprint density at radius 2 is 1.97 bits per heavy atom. The predicted molar refractivity (Wildman–Crippen MR) is 103 cm³/mol. The van der Waals surface area contributed by atoms with Crippen LogP contribution in [0.2, 0.25) is 0 Å². The van der Waals surface area contributed by atoms with Crippen molar-refractivity contribution in [3.05, 3.63) is 10.0 Å². The second-order valence-electron chi connectivity index (χ2n) is 6.91. The topological polar surface area (TPSA) is 125 Å². The van der Waals surface area contributed by atoms with Crippen molar-refractivity contribution in [3.63, 3.8) is 0 Å². The lowest BCUT2D eigenvalue weighted by Crippen LogP contribution is -2.43. The quantitative estimate of drug-likeness (QED) is 0.549. The van der Waals surface area contributed by atoms with Gasteiger partial charge in [-0.25, -0.2) is 0 Å². The van der Waals surface area contributed by atoms with Crippen LogP contribution >= 0.6 is 11.3 Å². The second kappa shape index (κ2) is 12.4. The summed E-state index contributed by atoms with van der Waals surface area (Å²) in [6.07, 6.45) is -4.43.